The molecule has 0 fully saturated rings. The fraction of sp³-hybridized carbons (Fsp3) is 0.0909. The Hall–Kier alpha value is -2.48. The van der Waals surface area contributed by atoms with Gasteiger partial charge in [-0.1, -0.05) is 0 Å². The van der Waals surface area contributed by atoms with Crippen LogP contribution in [0.25, 0.3) is 11.3 Å². The van der Waals surface area contributed by atoms with Gasteiger partial charge in [0.05, 0.1) is 19.0 Å². The summed E-state index contributed by atoms with van der Waals surface area (Å²) in [6.45, 7) is 0. The maximum absolute atomic E-state index is 5.04. The number of nitrogens with one attached hydrogen (secondary N) is 2. The van der Waals surface area contributed by atoms with Crippen LogP contribution in [0.3, 0.4) is 0 Å². The number of aromatic nitrogens is 5. The van der Waals surface area contributed by atoms with E-state index in [9.17, 15) is 0 Å². The van der Waals surface area contributed by atoms with Crippen LogP contribution in [0, 0.1) is 0 Å². The first kappa shape index (κ1) is 11.6. The number of H-pyrrole nitrogens is 1. The van der Waals surface area contributed by atoms with Crippen LogP contribution in [-0.4, -0.2) is 32.3 Å². The van der Waals surface area contributed by atoms with E-state index in [2.05, 4.69) is 30.5 Å². The number of ether oxygens (including phenoxy) is 1. The molecule has 0 aliphatic heterocycles. The molecule has 0 bridgehead atoms. The molecule has 0 aliphatic carbocycles. The van der Waals surface area contributed by atoms with Gasteiger partial charge in [0.1, 0.15) is 0 Å². The Morgan fingerprint density at radius 2 is 2.32 bits per heavy atom. The zero-order valence-corrected chi connectivity index (χ0v) is 10.8. The summed E-state index contributed by atoms with van der Waals surface area (Å²) in [4.78, 5) is 12.7. The molecule has 7 nitrogen and oxygen atoms in total. The summed E-state index contributed by atoms with van der Waals surface area (Å²) in [5.74, 6) is 0.955. The van der Waals surface area contributed by atoms with E-state index >= 15 is 0 Å². The Labute approximate surface area is 112 Å². The van der Waals surface area contributed by atoms with E-state index in [1.165, 1.54) is 11.3 Å². The second-order valence-electron chi connectivity index (χ2n) is 3.57. The highest BCUT2D eigenvalue weighted by atomic mass is 32.1. The maximum Gasteiger partial charge on any atom is 0.232 e. The average Bonchev–Trinajstić information content (AvgIpc) is 3.09. The zero-order chi connectivity index (χ0) is 13.1. The summed E-state index contributed by atoms with van der Waals surface area (Å²) in [5.41, 5.74) is 1.79. The van der Waals surface area contributed by atoms with Crippen LogP contribution in [-0.2, 0) is 0 Å². The largest absolute Gasteiger partial charge is 0.481 e. The van der Waals surface area contributed by atoms with Crippen molar-refractivity contribution in [2.24, 2.45) is 0 Å². The van der Waals surface area contributed by atoms with E-state index < -0.39 is 0 Å². The van der Waals surface area contributed by atoms with Gasteiger partial charge in [0, 0.05) is 29.4 Å². The van der Waals surface area contributed by atoms with Crippen molar-refractivity contribution in [1.29, 1.82) is 0 Å². The van der Waals surface area contributed by atoms with Crippen molar-refractivity contribution in [1.82, 2.24) is 25.1 Å². The third-order valence-electron chi connectivity index (χ3n) is 2.36. The van der Waals surface area contributed by atoms with E-state index in [-0.39, 0.29) is 0 Å². The normalized spacial score (nSPS) is 10.4. The smallest absolute Gasteiger partial charge is 0.232 e. The molecule has 0 amide bonds. The predicted octanol–water partition coefficient (Wildman–Crippen LogP) is 2.08. The lowest BCUT2D eigenvalue weighted by Crippen LogP contribution is -1.97. The fourth-order valence-electron chi connectivity index (χ4n) is 1.47. The molecule has 0 saturated heterocycles. The van der Waals surface area contributed by atoms with Gasteiger partial charge in [-0.2, -0.15) is 10.1 Å². The van der Waals surface area contributed by atoms with Gasteiger partial charge in [0.2, 0.25) is 11.8 Å². The topological polar surface area (TPSA) is 88.6 Å². The molecule has 3 heterocycles. The molecule has 0 unspecified atom stereocenters. The van der Waals surface area contributed by atoms with Gasteiger partial charge in [0.25, 0.3) is 0 Å². The number of rotatable bonds is 4. The zero-order valence-electron chi connectivity index (χ0n) is 9.99. The summed E-state index contributed by atoms with van der Waals surface area (Å²) in [7, 11) is 1.56. The number of anilines is 2. The van der Waals surface area contributed by atoms with Crippen LogP contribution >= 0.6 is 11.3 Å². The predicted molar refractivity (Wildman–Crippen MR) is 71.6 cm³/mol. The Kier molecular flexibility index (Phi) is 3.07. The highest BCUT2D eigenvalue weighted by Crippen LogP contribution is 2.25. The van der Waals surface area contributed by atoms with Gasteiger partial charge in [-0.25, -0.2) is 9.97 Å². The Bertz CT molecular complexity index is 665. The standard InChI is InChI=1S/C11H10N6OS/c1-18-9-2-3-12-10(16-9)17-11-15-8(6-19-11)7-4-13-14-5-7/h2-6H,1H3,(H,13,14)(H,12,15,16,17). The molecule has 0 aliphatic rings. The van der Waals surface area contributed by atoms with Gasteiger partial charge in [-0.15, -0.1) is 11.3 Å². The third kappa shape index (κ3) is 2.52. The van der Waals surface area contributed by atoms with E-state index in [4.69, 9.17) is 4.74 Å². The maximum atomic E-state index is 5.04. The molecular weight excluding hydrogens is 264 g/mol. The molecule has 3 rings (SSSR count). The third-order valence-corrected chi connectivity index (χ3v) is 3.11. The number of nitrogens with zero attached hydrogens (tertiary/aromatic N) is 4. The minimum Gasteiger partial charge on any atom is -0.481 e. The summed E-state index contributed by atoms with van der Waals surface area (Å²) in [6, 6.07) is 1.68. The van der Waals surface area contributed by atoms with E-state index in [0.29, 0.717) is 17.0 Å². The molecule has 0 spiro atoms. The second kappa shape index (κ2) is 5.02. The SMILES string of the molecule is COc1ccnc(Nc2nc(-c3cn[nH]c3)cs2)n1. The minimum atomic E-state index is 0.451. The first-order valence-corrected chi connectivity index (χ1v) is 6.32. The van der Waals surface area contributed by atoms with Gasteiger partial charge in [0.15, 0.2) is 5.13 Å². The van der Waals surface area contributed by atoms with Crippen molar-refractivity contribution < 1.29 is 4.74 Å². The molecule has 0 aromatic carbocycles. The Morgan fingerprint density at radius 1 is 1.37 bits per heavy atom. The van der Waals surface area contributed by atoms with Crippen molar-refractivity contribution in [3.8, 4) is 17.1 Å². The minimum absolute atomic E-state index is 0.451. The van der Waals surface area contributed by atoms with Crippen molar-refractivity contribution >= 4 is 22.4 Å². The number of thiazole rings is 1. The molecule has 2 N–H and O–H groups in total. The Balaban J connectivity index is 1.80. The van der Waals surface area contributed by atoms with Gasteiger partial charge in [-0.05, 0) is 0 Å². The molecule has 0 atom stereocenters. The highest BCUT2D eigenvalue weighted by molar-refractivity contribution is 7.14. The van der Waals surface area contributed by atoms with Gasteiger partial charge >= 0.3 is 0 Å². The van der Waals surface area contributed by atoms with Crippen molar-refractivity contribution in [3.63, 3.8) is 0 Å². The number of methoxy groups -OCH3 is 1. The molecular formula is C11H10N6OS. The fourth-order valence-corrected chi connectivity index (χ4v) is 2.18. The lowest BCUT2D eigenvalue weighted by molar-refractivity contribution is 0.397. The number of hydrogen-bond acceptors (Lipinski definition) is 7. The van der Waals surface area contributed by atoms with E-state index in [0.717, 1.165) is 11.3 Å². The van der Waals surface area contributed by atoms with Gasteiger partial charge < -0.3 is 4.74 Å². The Morgan fingerprint density at radius 3 is 3.11 bits per heavy atom. The lowest BCUT2D eigenvalue weighted by Gasteiger charge is -2.02. The van der Waals surface area contributed by atoms with Crippen LogP contribution in [0.15, 0.2) is 30.0 Å². The van der Waals surface area contributed by atoms with Crippen LogP contribution < -0.4 is 10.1 Å². The summed E-state index contributed by atoms with van der Waals surface area (Å²) < 4.78 is 5.04. The first-order chi connectivity index (χ1) is 9.35. The van der Waals surface area contributed by atoms with Crippen LogP contribution in [0.4, 0.5) is 11.1 Å². The van der Waals surface area contributed by atoms with Gasteiger partial charge in [-0.3, -0.25) is 10.4 Å². The van der Waals surface area contributed by atoms with Crippen molar-refractivity contribution in [2.45, 2.75) is 0 Å². The molecule has 19 heavy (non-hydrogen) atoms. The van der Waals surface area contributed by atoms with Crippen molar-refractivity contribution in [2.75, 3.05) is 12.4 Å². The quantitative estimate of drug-likeness (QED) is 0.757. The number of hydrogen-bond donors (Lipinski definition) is 2. The number of aromatic amines is 1. The summed E-state index contributed by atoms with van der Waals surface area (Å²) in [6.07, 6.45) is 5.14. The molecule has 3 aromatic rings. The summed E-state index contributed by atoms with van der Waals surface area (Å²) in [5, 5.41) is 12.3. The average molecular weight is 274 g/mol. The van der Waals surface area contributed by atoms with E-state index in [1.807, 2.05) is 5.38 Å². The molecule has 96 valence electrons. The second-order valence-corrected chi connectivity index (χ2v) is 4.43. The van der Waals surface area contributed by atoms with E-state index in [1.54, 1.807) is 31.8 Å². The molecule has 0 saturated carbocycles. The van der Waals surface area contributed by atoms with Crippen molar-refractivity contribution in [3.05, 3.63) is 30.0 Å². The van der Waals surface area contributed by atoms with Crippen LogP contribution in [0.2, 0.25) is 0 Å². The van der Waals surface area contributed by atoms with Crippen LogP contribution in [0.5, 0.6) is 5.88 Å². The molecule has 8 heteroatoms. The first-order valence-electron chi connectivity index (χ1n) is 5.44. The summed E-state index contributed by atoms with van der Waals surface area (Å²) >= 11 is 1.47. The highest BCUT2D eigenvalue weighted by Gasteiger charge is 2.07. The monoisotopic (exact) mass is 274 g/mol. The van der Waals surface area contributed by atoms with Crippen LogP contribution in [0.1, 0.15) is 0 Å². The lowest BCUT2D eigenvalue weighted by atomic mass is 10.3. The molecule has 0 radical (unpaired) electrons. The molecule has 3 aromatic heterocycles.